The number of benzene rings is 1. The second kappa shape index (κ2) is 12.4. The van der Waals surface area contributed by atoms with Crippen molar-refractivity contribution >= 4 is 16.7 Å². The van der Waals surface area contributed by atoms with Crippen LogP contribution in [0.3, 0.4) is 0 Å². The molecule has 8 heteroatoms. The molecular weight excluding hydrogens is 550 g/mol. The summed E-state index contributed by atoms with van der Waals surface area (Å²) in [6.07, 6.45) is 6.34. The Morgan fingerprint density at radius 3 is 2.45 bits per heavy atom. The van der Waals surface area contributed by atoms with Gasteiger partial charge in [-0.2, -0.15) is 5.26 Å². The van der Waals surface area contributed by atoms with Gasteiger partial charge in [0.05, 0.1) is 44.1 Å². The third-order valence-electron chi connectivity index (χ3n) is 10.7. The van der Waals surface area contributed by atoms with E-state index in [0.717, 1.165) is 107 Å². The van der Waals surface area contributed by atoms with Gasteiger partial charge in [-0.3, -0.25) is 14.6 Å². The average Bonchev–Trinajstić information content (AvgIpc) is 3.41. The van der Waals surface area contributed by atoms with E-state index in [9.17, 15) is 10.1 Å². The Bertz CT molecular complexity index is 1480. The van der Waals surface area contributed by atoms with Crippen LogP contribution in [0.15, 0.2) is 47.3 Å². The summed E-state index contributed by atoms with van der Waals surface area (Å²) in [5, 5.41) is 10.3. The Labute approximate surface area is 262 Å². The molecule has 0 saturated carbocycles. The number of carbonyl (C=O) groups is 1. The molecule has 6 rings (SSSR count). The number of ketones is 1. The monoisotopic (exact) mass is 599 g/mol. The Balaban J connectivity index is 1.37. The number of allylic oxidation sites excluding steroid dienone is 4. The maximum absolute atomic E-state index is 14.7. The van der Waals surface area contributed by atoms with E-state index in [4.69, 9.17) is 9.47 Å². The van der Waals surface area contributed by atoms with Crippen molar-refractivity contribution in [1.29, 1.82) is 5.26 Å². The highest BCUT2D eigenvalue weighted by Gasteiger charge is 2.47. The molecule has 44 heavy (non-hydrogen) atoms. The van der Waals surface area contributed by atoms with Gasteiger partial charge in [-0.05, 0) is 54.5 Å². The Kier molecular flexibility index (Phi) is 8.78. The molecule has 0 spiro atoms. The van der Waals surface area contributed by atoms with Crippen molar-refractivity contribution in [2.45, 2.75) is 53.5 Å². The fourth-order valence-corrected chi connectivity index (χ4v) is 7.67. The van der Waals surface area contributed by atoms with Gasteiger partial charge >= 0.3 is 0 Å². The molecule has 1 N–H and O–H groups in total. The molecule has 4 heterocycles. The molecule has 236 valence electrons. The molecule has 2 aromatic rings. The number of nitrogens with zero attached hydrogens (tertiary/aromatic N) is 4. The van der Waals surface area contributed by atoms with Crippen LogP contribution in [0.25, 0.3) is 10.9 Å². The van der Waals surface area contributed by atoms with E-state index in [-0.39, 0.29) is 22.5 Å². The molecule has 1 aliphatic carbocycles. The van der Waals surface area contributed by atoms with Gasteiger partial charge in [-0.25, -0.2) is 0 Å². The summed E-state index contributed by atoms with van der Waals surface area (Å²) in [5.74, 6) is 0.137. The summed E-state index contributed by atoms with van der Waals surface area (Å²) in [5.41, 5.74) is 5.20. The lowest BCUT2D eigenvalue weighted by Crippen LogP contribution is -2.57. The van der Waals surface area contributed by atoms with Crippen molar-refractivity contribution in [2.75, 3.05) is 72.2 Å². The number of morpholine rings is 1. The second-order valence-electron chi connectivity index (χ2n) is 14.4. The average molecular weight is 600 g/mol. The lowest BCUT2D eigenvalue weighted by atomic mass is 9.60. The first-order chi connectivity index (χ1) is 21.1. The molecule has 0 radical (unpaired) electrons. The van der Waals surface area contributed by atoms with Gasteiger partial charge in [0.1, 0.15) is 0 Å². The van der Waals surface area contributed by atoms with E-state index in [0.29, 0.717) is 17.2 Å². The predicted octanol–water partition coefficient (Wildman–Crippen LogP) is 5.23. The minimum atomic E-state index is -0.204. The summed E-state index contributed by atoms with van der Waals surface area (Å²) in [7, 11) is 0. The number of piperazine rings is 1. The third-order valence-corrected chi connectivity index (χ3v) is 10.7. The van der Waals surface area contributed by atoms with Crippen molar-refractivity contribution < 1.29 is 14.3 Å². The van der Waals surface area contributed by atoms with Gasteiger partial charge in [0.25, 0.3) is 0 Å². The molecule has 1 aromatic heterocycles. The van der Waals surface area contributed by atoms with Crippen LogP contribution in [0.1, 0.15) is 63.4 Å². The van der Waals surface area contributed by atoms with Gasteiger partial charge in [-0.15, -0.1) is 0 Å². The van der Waals surface area contributed by atoms with Crippen molar-refractivity contribution in [3.63, 3.8) is 0 Å². The highest BCUT2D eigenvalue weighted by atomic mass is 16.5. The van der Waals surface area contributed by atoms with E-state index in [1.807, 2.05) is 18.3 Å². The number of fused-ring (bicyclic) bond motifs is 1. The summed E-state index contributed by atoms with van der Waals surface area (Å²) in [6, 6.07) is 8.33. The number of carbonyl (C=O) groups excluding carboxylic acids is 1. The van der Waals surface area contributed by atoms with Crippen LogP contribution >= 0.6 is 0 Å². The molecule has 3 saturated heterocycles. The van der Waals surface area contributed by atoms with E-state index in [1.165, 1.54) is 5.70 Å². The molecule has 2 atom stereocenters. The highest BCUT2D eigenvalue weighted by molar-refractivity contribution is 6.17. The van der Waals surface area contributed by atoms with Crippen molar-refractivity contribution in [3.8, 4) is 6.07 Å². The zero-order valence-electron chi connectivity index (χ0n) is 27.2. The number of Topliss-reactive ketones (excluding diaryl/α,β-unsaturated/α-hetero) is 1. The zero-order valence-corrected chi connectivity index (χ0v) is 27.2. The summed E-state index contributed by atoms with van der Waals surface area (Å²) < 4.78 is 11.1. The molecule has 2 unspecified atom stereocenters. The Hall–Kier alpha value is -2.96. The van der Waals surface area contributed by atoms with Gasteiger partial charge in [0.15, 0.2) is 5.78 Å². The fourth-order valence-electron chi connectivity index (χ4n) is 7.67. The first-order valence-corrected chi connectivity index (χ1v) is 16.5. The molecule has 3 aliphatic heterocycles. The third kappa shape index (κ3) is 5.88. The molecule has 8 nitrogen and oxygen atoms in total. The largest absolute Gasteiger partial charge is 0.379 e. The maximum atomic E-state index is 14.7. The number of aromatic nitrogens is 1. The topological polar surface area (TPSA) is 84.8 Å². The van der Waals surface area contributed by atoms with Crippen LogP contribution in [-0.2, 0) is 9.47 Å². The first-order valence-electron chi connectivity index (χ1n) is 16.5. The summed E-state index contributed by atoms with van der Waals surface area (Å²) in [4.78, 5) is 25.7. The van der Waals surface area contributed by atoms with Crippen molar-refractivity contribution in [1.82, 2.24) is 19.7 Å². The van der Waals surface area contributed by atoms with Crippen LogP contribution in [0.2, 0.25) is 0 Å². The van der Waals surface area contributed by atoms with Gasteiger partial charge in [0.2, 0.25) is 0 Å². The van der Waals surface area contributed by atoms with E-state index in [1.54, 1.807) is 6.07 Å². The number of rotatable bonds is 8. The standard InChI is InChI=1S/C36H49N5O3/c1-25-33(34(42)29-22-38-31-19-26(21-37)7-8-28(29)31)30(35(2,3)4)20-32(41-13-11-40(12-14-41)27-23-44-24-27)36(25,5)9-6-10-39-15-17-43-18-16-39/h7-8,19-20,22,25,27,38H,6,9-18,23-24H2,1-5H3. The minimum absolute atomic E-state index is 0.0373. The maximum Gasteiger partial charge on any atom is 0.191 e. The number of hydrogen-bond acceptors (Lipinski definition) is 7. The Morgan fingerprint density at radius 2 is 1.82 bits per heavy atom. The van der Waals surface area contributed by atoms with Crippen molar-refractivity contribution in [3.05, 3.63) is 58.4 Å². The van der Waals surface area contributed by atoms with Gasteiger partial charge in [0, 0.05) is 78.6 Å². The van der Waals surface area contributed by atoms with Crippen LogP contribution in [-0.4, -0.2) is 104 Å². The van der Waals surface area contributed by atoms with Gasteiger partial charge < -0.3 is 19.4 Å². The highest BCUT2D eigenvalue weighted by Crippen LogP contribution is 2.53. The normalized spacial score (nSPS) is 26.0. The molecule has 3 fully saturated rings. The van der Waals surface area contributed by atoms with Crippen LogP contribution in [0.4, 0.5) is 0 Å². The number of nitriles is 1. The zero-order chi connectivity index (χ0) is 31.1. The number of nitrogens with one attached hydrogen (secondary N) is 1. The predicted molar refractivity (Wildman–Crippen MR) is 173 cm³/mol. The molecule has 1 aromatic carbocycles. The van der Waals surface area contributed by atoms with Crippen LogP contribution < -0.4 is 0 Å². The lowest BCUT2D eigenvalue weighted by molar-refractivity contribution is -0.0762. The number of hydrogen-bond donors (Lipinski definition) is 1. The second-order valence-corrected chi connectivity index (χ2v) is 14.4. The number of H-pyrrole nitrogens is 1. The van der Waals surface area contributed by atoms with Crippen LogP contribution in [0.5, 0.6) is 0 Å². The van der Waals surface area contributed by atoms with E-state index in [2.05, 4.69) is 66.4 Å². The SMILES string of the molecule is CC1C(C(=O)c2c[nH]c3cc(C#N)ccc23)=C(C(C)(C)C)C=C(N2CCN(C3COC3)CC2)C1(C)CCCN1CCOCC1. The van der Waals surface area contributed by atoms with Gasteiger partial charge in [-0.1, -0.05) is 40.7 Å². The molecule has 4 aliphatic rings. The number of ether oxygens (including phenoxy) is 2. The molecule has 0 amide bonds. The quantitative estimate of drug-likeness (QED) is 0.416. The van der Waals surface area contributed by atoms with Crippen LogP contribution in [0, 0.1) is 28.1 Å². The van der Waals surface area contributed by atoms with Crippen molar-refractivity contribution in [2.24, 2.45) is 16.7 Å². The van der Waals surface area contributed by atoms with E-state index >= 15 is 0 Å². The molecular formula is C36H49N5O3. The summed E-state index contributed by atoms with van der Waals surface area (Å²) >= 11 is 0. The summed E-state index contributed by atoms with van der Waals surface area (Å²) in [6.45, 7) is 21.9. The van der Waals surface area contributed by atoms with E-state index < -0.39 is 0 Å². The number of aromatic amines is 1. The smallest absolute Gasteiger partial charge is 0.191 e. The minimum Gasteiger partial charge on any atom is -0.379 e. The lowest BCUT2D eigenvalue weighted by Gasteiger charge is -2.51. The Morgan fingerprint density at radius 1 is 1.09 bits per heavy atom. The fraction of sp³-hybridized carbons (Fsp3) is 0.611. The molecule has 0 bridgehead atoms. The first kappa shape index (κ1) is 31.0.